The summed E-state index contributed by atoms with van der Waals surface area (Å²) >= 11 is 1.59. The minimum atomic E-state index is 0. The third-order valence-electron chi connectivity index (χ3n) is 3.31. The van der Waals surface area contributed by atoms with Crippen LogP contribution in [0, 0.1) is 11.8 Å². The molecule has 1 aliphatic heterocycles. The van der Waals surface area contributed by atoms with E-state index in [2.05, 4.69) is 19.2 Å². The van der Waals surface area contributed by atoms with Gasteiger partial charge in [-0.1, -0.05) is 13.8 Å². The molecule has 122 valence electrons. The summed E-state index contributed by atoms with van der Waals surface area (Å²) in [6, 6.07) is 3.99. The van der Waals surface area contributed by atoms with Crippen LogP contribution in [-0.4, -0.2) is 25.5 Å². The Labute approximate surface area is 143 Å². The normalized spacial score (nSPS) is 15.4. The number of hydrogen-bond donors (Lipinski definition) is 1. The van der Waals surface area contributed by atoms with Gasteiger partial charge in [0.1, 0.15) is 0 Å². The Hall–Kier alpha value is -0.130. The number of carbonyl (C=O) groups is 1. The lowest BCUT2D eigenvalue weighted by Crippen LogP contribution is -2.31. The lowest BCUT2D eigenvalue weighted by Gasteiger charge is -2.20. The zero-order chi connectivity index (χ0) is 13.7. The van der Waals surface area contributed by atoms with Gasteiger partial charge in [0.2, 0.25) is 0 Å². The first-order valence-corrected chi connectivity index (χ1v) is 7.90. The fraction of sp³-hybridized carbons (Fsp3) is 0.667. The molecule has 1 fully saturated rings. The molecule has 1 aromatic heterocycles. The highest BCUT2D eigenvalue weighted by Crippen LogP contribution is 2.24. The molecule has 1 N–H and O–H groups in total. The van der Waals surface area contributed by atoms with Crippen LogP contribution in [0.3, 0.4) is 0 Å². The fourth-order valence-electron chi connectivity index (χ4n) is 2.27. The summed E-state index contributed by atoms with van der Waals surface area (Å²) in [4.78, 5) is 14.4. The summed E-state index contributed by atoms with van der Waals surface area (Å²) in [5, 5.41) is 3.30. The number of rotatable bonds is 6. The molecule has 0 aromatic carbocycles. The van der Waals surface area contributed by atoms with E-state index < -0.39 is 0 Å². The highest BCUT2D eigenvalue weighted by Gasteiger charge is 2.23. The number of ether oxygens (including phenoxy) is 1. The molecule has 3 nitrogen and oxygen atoms in total. The topological polar surface area (TPSA) is 38.3 Å². The maximum absolute atomic E-state index is 12.3. The van der Waals surface area contributed by atoms with E-state index in [4.69, 9.17) is 4.74 Å². The largest absolute Gasteiger partial charge is 0.376 e. The lowest BCUT2D eigenvalue weighted by atomic mass is 9.93. The molecule has 0 bridgehead atoms. The van der Waals surface area contributed by atoms with Gasteiger partial charge in [0.25, 0.3) is 0 Å². The van der Waals surface area contributed by atoms with Gasteiger partial charge in [-0.05, 0) is 44.0 Å². The predicted molar refractivity (Wildman–Crippen MR) is 93.2 cm³/mol. The van der Waals surface area contributed by atoms with Gasteiger partial charge in [-0.3, -0.25) is 4.79 Å². The van der Waals surface area contributed by atoms with Gasteiger partial charge in [0.15, 0.2) is 5.78 Å². The van der Waals surface area contributed by atoms with Gasteiger partial charge in [0, 0.05) is 17.4 Å². The lowest BCUT2D eigenvalue weighted by molar-refractivity contribution is 0.0899. The molecule has 0 spiro atoms. The van der Waals surface area contributed by atoms with E-state index in [1.165, 1.54) is 0 Å². The Morgan fingerprint density at radius 1 is 1.33 bits per heavy atom. The molecule has 1 aliphatic rings. The van der Waals surface area contributed by atoms with Crippen molar-refractivity contribution in [3.63, 3.8) is 0 Å². The Balaban J connectivity index is 0.00000200. The van der Waals surface area contributed by atoms with Gasteiger partial charge in [-0.25, -0.2) is 0 Å². The average molecular weight is 354 g/mol. The molecule has 0 radical (unpaired) electrons. The second-order valence-electron chi connectivity index (χ2n) is 5.56. The molecule has 0 unspecified atom stereocenters. The van der Waals surface area contributed by atoms with Crippen LogP contribution in [0.2, 0.25) is 0 Å². The van der Waals surface area contributed by atoms with Crippen molar-refractivity contribution in [2.24, 2.45) is 11.8 Å². The smallest absolute Gasteiger partial charge is 0.175 e. The summed E-state index contributed by atoms with van der Waals surface area (Å²) in [7, 11) is 0. The SMILES string of the molecule is CC(C)COCc1ccc(C(=O)C2CCNCC2)s1.Cl.Cl. The molecule has 21 heavy (non-hydrogen) atoms. The van der Waals surface area contributed by atoms with Crippen LogP contribution in [-0.2, 0) is 11.3 Å². The van der Waals surface area contributed by atoms with Gasteiger partial charge >= 0.3 is 0 Å². The molecule has 1 saturated heterocycles. The first kappa shape index (κ1) is 20.9. The zero-order valence-corrected chi connectivity index (χ0v) is 15.0. The van der Waals surface area contributed by atoms with Gasteiger partial charge in [-0.2, -0.15) is 0 Å². The van der Waals surface area contributed by atoms with E-state index in [0.29, 0.717) is 18.3 Å². The van der Waals surface area contributed by atoms with Crippen molar-refractivity contribution >= 4 is 41.9 Å². The molecule has 0 atom stereocenters. The van der Waals surface area contributed by atoms with Crippen molar-refractivity contribution in [1.82, 2.24) is 5.32 Å². The van der Waals surface area contributed by atoms with Crippen LogP contribution in [0.15, 0.2) is 12.1 Å². The number of piperidine rings is 1. The van der Waals surface area contributed by atoms with Crippen LogP contribution in [0.1, 0.15) is 41.2 Å². The number of nitrogens with one attached hydrogen (secondary N) is 1. The average Bonchev–Trinajstić information content (AvgIpc) is 2.87. The summed E-state index contributed by atoms with van der Waals surface area (Å²) in [5.41, 5.74) is 0. The van der Waals surface area contributed by atoms with Gasteiger partial charge in [-0.15, -0.1) is 36.2 Å². The van der Waals surface area contributed by atoms with Crippen LogP contribution < -0.4 is 5.32 Å². The molecule has 0 saturated carbocycles. The number of ketones is 1. The van der Waals surface area contributed by atoms with Crippen molar-refractivity contribution in [1.29, 1.82) is 0 Å². The van der Waals surface area contributed by atoms with E-state index in [9.17, 15) is 4.79 Å². The minimum Gasteiger partial charge on any atom is -0.376 e. The molecular weight excluding hydrogens is 329 g/mol. The van der Waals surface area contributed by atoms with Crippen molar-refractivity contribution in [2.75, 3.05) is 19.7 Å². The summed E-state index contributed by atoms with van der Waals surface area (Å²) in [5.74, 6) is 1.08. The number of carbonyl (C=O) groups excluding carboxylic acids is 1. The van der Waals surface area contributed by atoms with Crippen LogP contribution in [0.5, 0.6) is 0 Å². The molecule has 2 rings (SSSR count). The molecule has 2 heterocycles. The first-order chi connectivity index (χ1) is 9.16. The summed E-state index contributed by atoms with van der Waals surface area (Å²) in [6.45, 7) is 7.61. The second kappa shape index (κ2) is 10.6. The van der Waals surface area contributed by atoms with Crippen LogP contribution >= 0.6 is 36.2 Å². The minimum absolute atomic E-state index is 0. The highest BCUT2D eigenvalue weighted by atomic mass is 35.5. The van der Waals surface area contributed by atoms with E-state index in [-0.39, 0.29) is 30.7 Å². The molecule has 0 aliphatic carbocycles. The van der Waals surface area contributed by atoms with Crippen LogP contribution in [0.4, 0.5) is 0 Å². The van der Waals surface area contributed by atoms with E-state index in [1.807, 2.05) is 12.1 Å². The van der Waals surface area contributed by atoms with Crippen LogP contribution in [0.25, 0.3) is 0 Å². The third-order valence-corrected chi connectivity index (χ3v) is 4.38. The maximum Gasteiger partial charge on any atom is 0.175 e. The number of halogens is 2. The summed E-state index contributed by atoms with van der Waals surface area (Å²) in [6.07, 6.45) is 1.94. The number of hydrogen-bond acceptors (Lipinski definition) is 4. The number of Topliss-reactive ketones (excluding diaryl/α,β-unsaturated/α-hetero) is 1. The zero-order valence-electron chi connectivity index (χ0n) is 12.6. The van der Waals surface area contributed by atoms with Gasteiger partial charge < -0.3 is 10.1 Å². The van der Waals surface area contributed by atoms with Crippen molar-refractivity contribution < 1.29 is 9.53 Å². The van der Waals surface area contributed by atoms with Crippen molar-refractivity contribution in [3.8, 4) is 0 Å². The quantitative estimate of drug-likeness (QED) is 0.787. The Morgan fingerprint density at radius 3 is 2.62 bits per heavy atom. The molecule has 1 aromatic rings. The van der Waals surface area contributed by atoms with E-state index in [0.717, 1.165) is 42.3 Å². The Morgan fingerprint density at radius 2 is 2.00 bits per heavy atom. The summed E-state index contributed by atoms with van der Waals surface area (Å²) < 4.78 is 5.61. The van der Waals surface area contributed by atoms with Crippen molar-refractivity contribution in [3.05, 3.63) is 21.9 Å². The predicted octanol–water partition coefficient (Wildman–Crippen LogP) is 3.95. The van der Waals surface area contributed by atoms with Crippen molar-refractivity contribution in [2.45, 2.75) is 33.3 Å². The van der Waals surface area contributed by atoms with E-state index in [1.54, 1.807) is 11.3 Å². The van der Waals surface area contributed by atoms with E-state index >= 15 is 0 Å². The molecule has 6 heteroatoms. The second-order valence-corrected chi connectivity index (χ2v) is 6.73. The highest BCUT2D eigenvalue weighted by molar-refractivity contribution is 7.14. The number of thiophene rings is 1. The first-order valence-electron chi connectivity index (χ1n) is 7.08. The standard InChI is InChI=1S/C15H23NO2S.2ClH/c1-11(2)9-18-10-13-3-4-14(19-13)15(17)12-5-7-16-8-6-12;;/h3-4,11-12,16H,5-10H2,1-2H3;2*1H. The fourth-order valence-corrected chi connectivity index (χ4v) is 3.23. The monoisotopic (exact) mass is 353 g/mol. The third kappa shape index (κ3) is 6.66. The maximum atomic E-state index is 12.3. The molecule has 0 amide bonds. The Bertz CT molecular complexity index is 418. The van der Waals surface area contributed by atoms with Gasteiger partial charge in [0.05, 0.1) is 11.5 Å². The molecular formula is C15H25Cl2NO2S. The Kier molecular flexibility index (Phi) is 10.5.